The zero-order valence-electron chi connectivity index (χ0n) is 8.92. The molecule has 0 aromatic heterocycles. The molecule has 2 rings (SSSR count). The van der Waals surface area contributed by atoms with Gasteiger partial charge in [0.2, 0.25) is 0 Å². The fourth-order valence-electron chi connectivity index (χ4n) is 2.10. The second-order valence-corrected chi connectivity index (χ2v) is 4.71. The topological polar surface area (TPSA) is 49.8 Å². The minimum absolute atomic E-state index is 0.177. The van der Waals surface area contributed by atoms with Crippen LogP contribution in [0.5, 0.6) is 0 Å². The minimum atomic E-state index is -2.58. The molecule has 92 valence electrons. The van der Waals surface area contributed by atoms with Crippen LogP contribution in [-0.4, -0.2) is 54.7 Å². The molecule has 2 aliphatic heterocycles. The second kappa shape index (κ2) is 3.92. The highest BCUT2D eigenvalue weighted by Gasteiger charge is 2.48. The van der Waals surface area contributed by atoms with E-state index in [2.05, 4.69) is 0 Å². The van der Waals surface area contributed by atoms with E-state index in [1.807, 2.05) is 0 Å². The third-order valence-electron chi connectivity index (χ3n) is 3.32. The zero-order valence-corrected chi connectivity index (χ0v) is 8.92. The van der Waals surface area contributed by atoms with Gasteiger partial charge in [0.1, 0.15) is 5.41 Å². The number of rotatable bonds is 3. The van der Waals surface area contributed by atoms with E-state index in [1.54, 1.807) is 4.90 Å². The van der Waals surface area contributed by atoms with Gasteiger partial charge in [0, 0.05) is 32.5 Å². The van der Waals surface area contributed by atoms with Crippen LogP contribution in [0.3, 0.4) is 0 Å². The highest BCUT2D eigenvalue weighted by Crippen LogP contribution is 2.33. The maximum atomic E-state index is 12.9. The normalized spacial score (nSPS) is 28.4. The number of ether oxygens (including phenoxy) is 1. The van der Waals surface area contributed by atoms with Crippen LogP contribution in [0.4, 0.5) is 8.78 Å². The van der Waals surface area contributed by atoms with Gasteiger partial charge in [-0.3, -0.25) is 4.79 Å². The molecule has 0 unspecified atom stereocenters. The minimum Gasteiger partial charge on any atom is -0.481 e. The molecule has 0 radical (unpaired) electrons. The number of carboxylic acids is 1. The van der Waals surface area contributed by atoms with E-state index < -0.39 is 17.3 Å². The summed E-state index contributed by atoms with van der Waals surface area (Å²) in [5.41, 5.74) is -0.868. The van der Waals surface area contributed by atoms with E-state index in [1.165, 1.54) is 0 Å². The predicted octanol–water partition coefficient (Wildman–Crippen LogP) is 0.819. The van der Waals surface area contributed by atoms with Crippen molar-refractivity contribution in [3.63, 3.8) is 0 Å². The van der Waals surface area contributed by atoms with E-state index >= 15 is 0 Å². The Morgan fingerprint density at radius 2 is 1.88 bits per heavy atom. The molecule has 0 spiro atoms. The van der Waals surface area contributed by atoms with Gasteiger partial charge >= 0.3 is 5.97 Å². The third-order valence-corrected chi connectivity index (χ3v) is 3.32. The molecule has 0 bridgehead atoms. The molecule has 4 nitrogen and oxygen atoms in total. The number of alkyl halides is 2. The highest BCUT2D eigenvalue weighted by molar-refractivity contribution is 5.76. The first kappa shape index (κ1) is 11.7. The second-order valence-electron chi connectivity index (χ2n) is 4.71. The number of likely N-dealkylation sites (tertiary alicyclic amines) is 1. The number of hydrogen-bond acceptors (Lipinski definition) is 3. The highest BCUT2D eigenvalue weighted by atomic mass is 19.3. The maximum Gasteiger partial charge on any atom is 0.315 e. The molecule has 0 aromatic carbocycles. The summed E-state index contributed by atoms with van der Waals surface area (Å²) >= 11 is 0. The molecule has 2 aliphatic rings. The van der Waals surface area contributed by atoms with Gasteiger partial charge in [0.15, 0.2) is 0 Å². The average molecular weight is 235 g/mol. The molecule has 2 saturated heterocycles. The zero-order chi connectivity index (χ0) is 11.8. The van der Waals surface area contributed by atoms with Crippen LogP contribution in [0.25, 0.3) is 0 Å². The monoisotopic (exact) mass is 235 g/mol. The van der Waals surface area contributed by atoms with E-state index in [0.29, 0.717) is 6.54 Å². The SMILES string of the molecule is O=C(O)C1(CN2CCC(F)(F)CC2)COC1. The van der Waals surface area contributed by atoms with Gasteiger partial charge in [-0.15, -0.1) is 0 Å². The lowest BCUT2D eigenvalue weighted by Crippen LogP contribution is -2.57. The third kappa shape index (κ3) is 2.17. The van der Waals surface area contributed by atoms with Crippen molar-refractivity contribution in [1.82, 2.24) is 4.90 Å². The van der Waals surface area contributed by atoms with Gasteiger partial charge in [0.25, 0.3) is 5.92 Å². The predicted molar refractivity (Wildman–Crippen MR) is 51.5 cm³/mol. The van der Waals surface area contributed by atoms with Crippen LogP contribution in [0.2, 0.25) is 0 Å². The largest absolute Gasteiger partial charge is 0.481 e. The van der Waals surface area contributed by atoms with E-state index in [4.69, 9.17) is 9.84 Å². The Balaban J connectivity index is 1.89. The number of carbonyl (C=O) groups is 1. The smallest absolute Gasteiger partial charge is 0.315 e. The van der Waals surface area contributed by atoms with Crippen LogP contribution in [0, 0.1) is 5.41 Å². The van der Waals surface area contributed by atoms with E-state index in [0.717, 1.165) is 0 Å². The van der Waals surface area contributed by atoms with E-state index in [-0.39, 0.29) is 39.1 Å². The molecular formula is C10H15F2NO3. The van der Waals surface area contributed by atoms with Crippen molar-refractivity contribution in [2.24, 2.45) is 5.41 Å². The van der Waals surface area contributed by atoms with Crippen LogP contribution in [-0.2, 0) is 9.53 Å². The molecule has 1 N–H and O–H groups in total. The Morgan fingerprint density at radius 1 is 1.31 bits per heavy atom. The first-order valence-corrected chi connectivity index (χ1v) is 5.35. The number of aliphatic carboxylic acids is 1. The van der Waals surface area contributed by atoms with Gasteiger partial charge in [-0.1, -0.05) is 0 Å². The number of halogens is 2. The molecular weight excluding hydrogens is 220 g/mol. The number of hydrogen-bond donors (Lipinski definition) is 1. The summed E-state index contributed by atoms with van der Waals surface area (Å²) in [5.74, 6) is -3.47. The summed E-state index contributed by atoms with van der Waals surface area (Å²) in [5, 5.41) is 9.06. The van der Waals surface area contributed by atoms with Crippen molar-refractivity contribution >= 4 is 5.97 Å². The summed E-state index contributed by atoms with van der Waals surface area (Å²) < 4.78 is 30.7. The molecule has 2 heterocycles. The Bertz CT molecular complexity index is 282. The van der Waals surface area contributed by atoms with Crippen LogP contribution in [0.15, 0.2) is 0 Å². The lowest BCUT2D eigenvalue weighted by atomic mass is 9.85. The quantitative estimate of drug-likeness (QED) is 0.786. The Labute approximate surface area is 92.2 Å². The lowest BCUT2D eigenvalue weighted by molar-refractivity contribution is -0.185. The van der Waals surface area contributed by atoms with Gasteiger partial charge in [-0.2, -0.15) is 0 Å². The van der Waals surface area contributed by atoms with Crippen LogP contribution in [0.1, 0.15) is 12.8 Å². The molecule has 6 heteroatoms. The van der Waals surface area contributed by atoms with Crippen molar-refractivity contribution < 1.29 is 23.4 Å². The summed E-state index contributed by atoms with van der Waals surface area (Å²) in [6.45, 7) is 1.23. The first-order valence-electron chi connectivity index (χ1n) is 5.35. The molecule has 0 atom stereocenters. The lowest BCUT2D eigenvalue weighted by Gasteiger charge is -2.42. The van der Waals surface area contributed by atoms with Gasteiger partial charge in [-0.25, -0.2) is 8.78 Å². The number of piperidine rings is 1. The number of carboxylic acid groups (broad SMARTS) is 1. The van der Waals surface area contributed by atoms with Crippen LogP contribution >= 0.6 is 0 Å². The molecule has 0 saturated carbocycles. The molecule has 0 aliphatic carbocycles. The standard InChI is InChI=1S/C10H15F2NO3/c11-10(12)1-3-13(4-2-10)5-9(8(14)15)6-16-7-9/h1-7H2,(H,14,15). The van der Waals surface area contributed by atoms with Gasteiger partial charge in [0.05, 0.1) is 13.2 Å². The number of nitrogens with zero attached hydrogens (tertiary/aromatic N) is 1. The van der Waals surface area contributed by atoms with Crippen molar-refractivity contribution in [2.75, 3.05) is 32.8 Å². The molecule has 16 heavy (non-hydrogen) atoms. The van der Waals surface area contributed by atoms with Crippen molar-refractivity contribution in [2.45, 2.75) is 18.8 Å². The Morgan fingerprint density at radius 3 is 2.25 bits per heavy atom. The fourth-order valence-corrected chi connectivity index (χ4v) is 2.10. The first-order chi connectivity index (χ1) is 7.44. The van der Waals surface area contributed by atoms with Crippen molar-refractivity contribution in [3.8, 4) is 0 Å². The maximum absolute atomic E-state index is 12.9. The Hall–Kier alpha value is -0.750. The van der Waals surface area contributed by atoms with Gasteiger partial charge < -0.3 is 14.7 Å². The summed E-state index contributed by atoms with van der Waals surface area (Å²) in [6, 6.07) is 0. The van der Waals surface area contributed by atoms with E-state index in [9.17, 15) is 13.6 Å². The summed E-state index contributed by atoms with van der Waals surface area (Å²) in [6.07, 6.45) is -0.354. The van der Waals surface area contributed by atoms with Gasteiger partial charge in [-0.05, 0) is 0 Å². The molecule has 2 fully saturated rings. The summed E-state index contributed by atoms with van der Waals surface area (Å²) in [7, 11) is 0. The Kier molecular flexibility index (Phi) is 2.88. The summed E-state index contributed by atoms with van der Waals surface area (Å²) in [4.78, 5) is 12.8. The molecule has 0 aromatic rings. The van der Waals surface area contributed by atoms with Crippen LogP contribution < -0.4 is 0 Å². The van der Waals surface area contributed by atoms with Crippen molar-refractivity contribution in [3.05, 3.63) is 0 Å². The molecule has 0 amide bonds. The van der Waals surface area contributed by atoms with Crippen molar-refractivity contribution in [1.29, 1.82) is 0 Å². The fraction of sp³-hybridized carbons (Fsp3) is 0.900. The average Bonchev–Trinajstić information content (AvgIpc) is 2.13.